The Morgan fingerprint density at radius 2 is 1.62 bits per heavy atom. The molecule has 2 aromatic rings. The molecule has 0 aliphatic rings. The van der Waals surface area contributed by atoms with Crippen LogP contribution in [-0.4, -0.2) is 6.10 Å². The van der Waals surface area contributed by atoms with E-state index in [1.54, 1.807) is 6.07 Å². The largest absolute Gasteiger partial charge is 0.489 e. The zero-order valence-electron chi connectivity index (χ0n) is 13.1. The lowest BCUT2D eigenvalue weighted by Crippen LogP contribution is -2.07. The highest BCUT2D eigenvalue weighted by atomic mass is 16.5. The summed E-state index contributed by atoms with van der Waals surface area (Å²) < 4.78 is 11.6. The second-order valence-corrected chi connectivity index (χ2v) is 5.70. The highest BCUT2D eigenvalue weighted by Crippen LogP contribution is 2.31. The Morgan fingerprint density at radius 1 is 0.905 bits per heavy atom. The number of nitrogen functional groups attached to an aromatic ring is 1. The van der Waals surface area contributed by atoms with E-state index in [0.29, 0.717) is 17.4 Å². The Morgan fingerprint density at radius 3 is 2.29 bits per heavy atom. The van der Waals surface area contributed by atoms with Crippen molar-refractivity contribution in [1.82, 2.24) is 0 Å². The molecule has 0 atom stereocenters. The highest BCUT2D eigenvalue weighted by Gasteiger charge is 2.07. The van der Waals surface area contributed by atoms with Gasteiger partial charge >= 0.3 is 0 Å². The first kappa shape index (κ1) is 15.2. The Bertz CT molecular complexity index is 606. The number of anilines is 1. The Kier molecular flexibility index (Phi) is 4.73. The molecule has 2 N–H and O–H groups in total. The summed E-state index contributed by atoms with van der Waals surface area (Å²) in [7, 11) is 0. The SMILES string of the molecule is CC(C)Oc1cc(Oc2cccc(C(C)C)c2)ccc1N. The summed E-state index contributed by atoms with van der Waals surface area (Å²) in [4.78, 5) is 0. The molecule has 0 spiro atoms. The van der Waals surface area contributed by atoms with Gasteiger partial charge in [0.25, 0.3) is 0 Å². The minimum Gasteiger partial charge on any atom is -0.489 e. The minimum absolute atomic E-state index is 0.0758. The average molecular weight is 285 g/mol. The summed E-state index contributed by atoms with van der Waals surface area (Å²) in [6, 6.07) is 13.6. The van der Waals surface area contributed by atoms with Gasteiger partial charge in [-0.25, -0.2) is 0 Å². The van der Waals surface area contributed by atoms with Crippen LogP contribution in [-0.2, 0) is 0 Å². The maximum atomic E-state index is 5.91. The molecule has 0 unspecified atom stereocenters. The third-order valence-electron chi connectivity index (χ3n) is 3.11. The van der Waals surface area contributed by atoms with E-state index in [1.807, 2.05) is 38.1 Å². The zero-order valence-corrected chi connectivity index (χ0v) is 13.1. The molecule has 0 heterocycles. The van der Waals surface area contributed by atoms with Crippen LogP contribution in [0.3, 0.4) is 0 Å². The molecule has 2 aromatic carbocycles. The number of hydrogen-bond donors (Lipinski definition) is 1. The van der Waals surface area contributed by atoms with Gasteiger partial charge in [0.05, 0.1) is 11.8 Å². The van der Waals surface area contributed by atoms with E-state index in [1.165, 1.54) is 5.56 Å². The average Bonchev–Trinajstić information content (AvgIpc) is 2.42. The van der Waals surface area contributed by atoms with E-state index in [0.717, 1.165) is 11.5 Å². The maximum absolute atomic E-state index is 5.91. The normalized spacial score (nSPS) is 11.0. The third kappa shape index (κ3) is 4.15. The van der Waals surface area contributed by atoms with Gasteiger partial charge in [0.15, 0.2) is 0 Å². The second-order valence-electron chi connectivity index (χ2n) is 5.70. The van der Waals surface area contributed by atoms with Crippen molar-refractivity contribution in [1.29, 1.82) is 0 Å². The van der Waals surface area contributed by atoms with E-state index in [2.05, 4.69) is 26.0 Å². The number of hydrogen-bond acceptors (Lipinski definition) is 3. The van der Waals surface area contributed by atoms with Gasteiger partial charge in [0, 0.05) is 6.07 Å². The van der Waals surface area contributed by atoms with E-state index in [-0.39, 0.29) is 6.10 Å². The summed E-state index contributed by atoms with van der Waals surface area (Å²) >= 11 is 0. The molecule has 0 fully saturated rings. The monoisotopic (exact) mass is 285 g/mol. The predicted octanol–water partition coefficient (Wildman–Crippen LogP) is 4.97. The summed E-state index contributed by atoms with van der Waals surface area (Å²) in [5.74, 6) is 2.67. The number of nitrogens with two attached hydrogens (primary N) is 1. The molecule has 0 aliphatic heterocycles. The van der Waals surface area contributed by atoms with Crippen LogP contribution in [0.4, 0.5) is 5.69 Å². The Labute approximate surface area is 126 Å². The third-order valence-corrected chi connectivity index (χ3v) is 3.11. The summed E-state index contributed by atoms with van der Waals surface area (Å²) in [5.41, 5.74) is 7.78. The van der Waals surface area contributed by atoms with Crippen molar-refractivity contribution in [3.8, 4) is 17.2 Å². The highest BCUT2D eigenvalue weighted by molar-refractivity contribution is 5.56. The van der Waals surface area contributed by atoms with Crippen molar-refractivity contribution in [3.05, 3.63) is 48.0 Å². The Balaban J connectivity index is 2.21. The lowest BCUT2D eigenvalue weighted by atomic mass is 10.0. The van der Waals surface area contributed by atoms with Crippen LogP contribution in [0.5, 0.6) is 17.2 Å². The van der Waals surface area contributed by atoms with Crippen LogP contribution in [0, 0.1) is 0 Å². The van der Waals surface area contributed by atoms with Crippen LogP contribution in [0.1, 0.15) is 39.2 Å². The maximum Gasteiger partial charge on any atom is 0.146 e. The van der Waals surface area contributed by atoms with E-state index < -0.39 is 0 Å². The van der Waals surface area contributed by atoms with Gasteiger partial charge in [-0.2, -0.15) is 0 Å². The molecule has 3 heteroatoms. The predicted molar refractivity (Wildman–Crippen MR) is 87.2 cm³/mol. The summed E-state index contributed by atoms with van der Waals surface area (Å²) in [6.45, 7) is 8.27. The minimum atomic E-state index is 0.0758. The lowest BCUT2D eigenvalue weighted by molar-refractivity contribution is 0.243. The van der Waals surface area contributed by atoms with Gasteiger partial charge in [0.2, 0.25) is 0 Å². The molecule has 0 aromatic heterocycles. The molecule has 2 rings (SSSR count). The van der Waals surface area contributed by atoms with Gasteiger partial charge in [0.1, 0.15) is 17.2 Å². The van der Waals surface area contributed by atoms with Crippen LogP contribution < -0.4 is 15.2 Å². The molecule has 0 aliphatic carbocycles. The van der Waals surface area contributed by atoms with Crippen molar-refractivity contribution in [2.24, 2.45) is 0 Å². The number of benzene rings is 2. The molecule has 112 valence electrons. The quantitative estimate of drug-likeness (QED) is 0.789. The molecule has 21 heavy (non-hydrogen) atoms. The zero-order chi connectivity index (χ0) is 15.4. The fourth-order valence-corrected chi connectivity index (χ4v) is 2.01. The van der Waals surface area contributed by atoms with Crippen molar-refractivity contribution >= 4 is 5.69 Å². The van der Waals surface area contributed by atoms with Gasteiger partial charge in [-0.1, -0.05) is 26.0 Å². The van der Waals surface area contributed by atoms with Gasteiger partial charge in [-0.05, 0) is 49.6 Å². The number of rotatable bonds is 5. The van der Waals surface area contributed by atoms with E-state index in [4.69, 9.17) is 15.2 Å². The van der Waals surface area contributed by atoms with Crippen molar-refractivity contribution in [2.45, 2.75) is 39.7 Å². The first-order valence-electron chi connectivity index (χ1n) is 7.29. The molecule has 3 nitrogen and oxygen atoms in total. The van der Waals surface area contributed by atoms with Crippen molar-refractivity contribution in [3.63, 3.8) is 0 Å². The first-order chi connectivity index (χ1) is 9.95. The van der Waals surface area contributed by atoms with Gasteiger partial charge in [-0.3, -0.25) is 0 Å². The fourth-order valence-electron chi connectivity index (χ4n) is 2.01. The number of ether oxygens (including phenoxy) is 2. The molecule has 0 saturated heterocycles. The first-order valence-corrected chi connectivity index (χ1v) is 7.29. The summed E-state index contributed by atoms with van der Waals surface area (Å²) in [6.07, 6.45) is 0.0758. The van der Waals surface area contributed by atoms with E-state index in [9.17, 15) is 0 Å². The summed E-state index contributed by atoms with van der Waals surface area (Å²) in [5, 5.41) is 0. The molecule has 0 amide bonds. The lowest BCUT2D eigenvalue weighted by Gasteiger charge is -2.14. The van der Waals surface area contributed by atoms with Gasteiger partial charge in [-0.15, -0.1) is 0 Å². The molecule has 0 saturated carbocycles. The smallest absolute Gasteiger partial charge is 0.146 e. The Hall–Kier alpha value is -2.16. The molecule has 0 radical (unpaired) electrons. The van der Waals surface area contributed by atoms with Crippen LogP contribution in [0.15, 0.2) is 42.5 Å². The van der Waals surface area contributed by atoms with Crippen molar-refractivity contribution < 1.29 is 9.47 Å². The second kappa shape index (κ2) is 6.53. The van der Waals surface area contributed by atoms with Crippen LogP contribution in [0.25, 0.3) is 0 Å². The van der Waals surface area contributed by atoms with Crippen LogP contribution >= 0.6 is 0 Å². The van der Waals surface area contributed by atoms with Gasteiger partial charge < -0.3 is 15.2 Å². The molecular weight excluding hydrogens is 262 g/mol. The molecular formula is C18H23NO2. The molecule has 0 bridgehead atoms. The van der Waals surface area contributed by atoms with E-state index >= 15 is 0 Å². The topological polar surface area (TPSA) is 44.5 Å². The fraction of sp³-hybridized carbons (Fsp3) is 0.333. The van der Waals surface area contributed by atoms with Crippen LogP contribution in [0.2, 0.25) is 0 Å². The van der Waals surface area contributed by atoms with Crippen molar-refractivity contribution in [2.75, 3.05) is 5.73 Å². The standard InChI is InChI=1S/C18H23NO2/c1-12(2)14-6-5-7-15(10-14)21-16-8-9-17(19)18(11-16)20-13(3)4/h5-13H,19H2,1-4H3.